The Morgan fingerprint density at radius 3 is 2.33 bits per heavy atom. The standard InChI is InChI=1S/C15H25NO2/c1-4-5-12-6-8-13(9-7-12)14(18)10-16-15(2,3)11-17/h6-9,14,16-18H,4-5,10-11H2,1-3H3. The van der Waals surface area contributed by atoms with Crippen LogP contribution in [0.2, 0.25) is 0 Å². The lowest BCUT2D eigenvalue weighted by Crippen LogP contribution is -2.44. The van der Waals surface area contributed by atoms with Crippen LogP contribution < -0.4 is 5.32 Å². The lowest BCUT2D eigenvalue weighted by molar-refractivity contribution is 0.136. The quantitative estimate of drug-likeness (QED) is 0.695. The minimum absolute atomic E-state index is 0.0508. The second-order valence-electron chi connectivity index (χ2n) is 5.43. The lowest BCUT2D eigenvalue weighted by atomic mass is 10.0. The van der Waals surface area contributed by atoms with Crippen molar-refractivity contribution in [3.8, 4) is 0 Å². The van der Waals surface area contributed by atoms with Gasteiger partial charge in [0.15, 0.2) is 0 Å². The molecule has 0 aliphatic rings. The number of rotatable bonds is 7. The van der Waals surface area contributed by atoms with E-state index in [-0.39, 0.29) is 12.1 Å². The van der Waals surface area contributed by atoms with Gasteiger partial charge in [-0.25, -0.2) is 0 Å². The highest BCUT2D eigenvalue weighted by molar-refractivity contribution is 5.24. The molecule has 1 atom stereocenters. The Kier molecular flexibility index (Phi) is 5.79. The fraction of sp³-hybridized carbons (Fsp3) is 0.600. The monoisotopic (exact) mass is 251 g/mol. The summed E-state index contributed by atoms with van der Waals surface area (Å²) < 4.78 is 0. The maximum Gasteiger partial charge on any atom is 0.0914 e. The smallest absolute Gasteiger partial charge is 0.0914 e. The summed E-state index contributed by atoms with van der Waals surface area (Å²) in [5, 5.41) is 22.3. The van der Waals surface area contributed by atoms with Crippen molar-refractivity contribution in [1.29, 1.82) is 0 Å². The summed E-state index contributed by atoms with van der Waals surface area (Å²) >= 11 is 0. The predicted octanol–water partition coefficient (Wildman–Crippen LogP) is 2.03. The van der Waals surface area contributed by atoms with Crippen molar-refractivity contribution < 1.29 is 10.2 Å². The highest BCUT2D eigenvalue weighted by atomic mass is 16.3. The van der Waals surface area contributed by atoms with Crippen LogP contribution in [0.15, 0.2) is 24.3 Å². The van der Waals surface area contributed by atoms with E-state index in [1.807, 2.05) is 26.0 Å². The molecule has 102 valence electrons. The molecule has 0 aromatic heterocycles. The van der Waals surface area contributed by atoms with Gasteiger partial charge in [-0.05, 0) is 31.4 Å². The summed E-state index contributed by atoms with van der Waals surface area (Å²) in [5.41, 5.74) is 1.86. The molecular formula is C15H25NO2. The van der Waals surface area contributed by atoms with Gasteiger partial charge in [0.25, 0.3) is 0 Å². The molecule has 3 nitrogen and oxygen atoms in total. The Labute approximate surface area is 110 Å². The maximum absolute atomic E-state index is 10.1. The van der Waals surface area contributed by atoms with Gasteiger partial charge in [-0.3, -0.25) is 0 Å². The number of aliphatic hydroxyl groups is 2. The zero-order valence-corrected chi connectivity index (χ0v) is 11.6. The summed E-state index contributed by atoms with van der Waals surface area (Å²) in [6.45, 7) is 6.47. The first kappa shape index (κ1) is 15.2. The van der Waals surface area contributed by atoms with Crippen LogP contribution in [-0.4, -0.2) is 28.9 Å². The molecule has 1 unspecified atom stereocenters. The van der Waals surface area contributed by atoms with Crippen molar-refractivity contribution in [2.75, 3.05) is 13.2 Å². The lowest BCUT2D eigenvalue weighted by Gasteiger charge is -2.25. The average molecular weight is 251 g/mol. The van der Waals surface area contributed by atoms with Crippen LogP contribution in [0.1, 0.15) is 44.4 Å². The molecule has 1 rings (SSSR count). The molecule has 1 aromatic carbocycles. The first-order chi connectivity index (χ1) is 8.48. The topological polar surface area (TPSA) is 52.5 Å². The molecule has 3 heteroatoms. The predicted molar refractivity (Wildman–Crippen MR) is 74.6 cm³/mol. The van der Waals surface area contributed by atoms with E-state index < -0.39 is 6.10 Å². The average Bonchev–Trinajstić information content (AvgIpc) is 2.37. The number of aliphatic hydroxyl groups excluding tert-OH is 2. The minimum atomic E-state index is -0.536. The van der Waals surface area contributed by atoms with Gasteiger partial charge in [-0.2, -0.15) is 0 Å². The SMILES string of the molecule is CCCc1ccc(C(O)CNC(C)(C)CO)cc1. The summed E-state index contributed by atoms with van der Waals surface area (Å²) in [6, 6.07) is 8.09. The van der Waals surface area contributed by atoms with Crippen molar-refractivity contribution >= 4 is 0 Å². The molecule has 0 spiro atoms. The Hall–Kier alpha value is -0.900. The Morgan fingerprint density at radius 2 is 1.83 bits per heavy atom. The molecule has 0 saturated carbocycles. The molecular weight excluding hydrogens is 226 g/mol. The van der Waals surface area contributed by atoms with Gasteiger partial charge in [0.05, 0.1) is 12.7 Å². The van der Waals surface area contributed by atoms with Crippen LogP contribution in [0.3, 0.4) is 0 Å². The third kappa shape index (κ3) is 4.77. The molecule has 0 radical (unpaired) electrons. The van der Waals surface area contributed by atoms with Gasteiger partial charge in [-0.15, -0.1) is 0 Å². The van der Waals surface area contributed by atoms with Crippen molar-refractivity contribution in [3.63, 3.8) is 0 Å². The van der Waals surface area contributed by atoms with E-state index >= 15 is 0 Å². The first-order valence-electron chi connectivity index (χ1n) is 6.61. The van der Waals surface area contributed by atoms with Crippen LogP contribution in [0.5, 0.6) is 0 Å². The van der Waals surface area contributed by atoms with Gasteiger partial charge in [0.1, 0.15) is 0 Å². The third-order valence-corrected chi connectivity index (χ3v) is 3.07. The highest BCUT2D eigenvalue weighted by Gasteiger charge is 2.17. The van der Waals surface area contributed by atoms with Crippen LogP contribution in [0, 0.1) is 0 Å². The van der Waals surface area contributed by atoms with Crippen molar-refractivity contribution in [2.45, 2.75) is 45.3 Å². The first-order valence-corrected chi connectivity index (χ1v) is 6.61. The third-order valence-electron chi connectivity index (χ3n) is 3.07. The Morgan fingerprint density at radius 1 is 1.22 bits per heavy atom. The second kappa shape index (κ2) is 6.88. The van der Waals surface area contributed by atoms with E-state index in [0.717, 1.165) is 18.4 Å². The number of aryl methyl sites for hydroxylation is 1. The minimum Gasteiger partial charge on any atom is -0.394 e. The zero-order chi connectivity index (χ0) is 13.6. The fourth-order valence-corrected chi connectivity index (χ4v) is 1.74. The number of β-amino-alcohol motifs (C(OH)–C–C–N with tert-alkyl or cyclic N) is 1. The molecule has 1 aromatic rings. The molecule has 18 heavy (non-hydrogen) atoms. The van der Waals surface area contributed by atoms with Gasteiger partial charge >= 0.3 is 0 Å². The van der Waals surface area contributed by atoms with Crippen LogP contribution in [0.25, 0.3) is 0 Å². The van der Waals surface area contributed by atoms with E-state index in [1.165, 1.54) is 5.56 Å². The summed E-state index contributed by atoms with van der Waals surface area (Å²) in [5.74, 6) is 0. The van der Waals surface area contributed by atoms with E-state index in [0.29, 0.717) is 6.54 Å². The molecule has 0 fully saturated rings. The molecule has 0 saturated heterocycles. The van der Waals surface area contributed by atoms with Crippen molar-refractivity contribution in [3.05, 3.63) is 35.4 Å². The number of hydrogen-bond acceptors (Lipinski definition) is 3. The van der Waals surface area contributed by atoms with E-state index in [1.54, 1.807) is 0 Å². The maximum atomic E-state index is 10.1. The molecule has 0 aliphatic heterocycles. The van der Waals surface area contributed by atoms with Gasteiger partial charge in [0, 0.05) is 12.1 Å². The van der Waals surface area contributed by atoms with E-state index in [2.05, 4.69) is 24.4 Å². The normalized spacial score (nSPS) is 13.6. The highest BCUT2D eigenvalue weighted by Crippen LogP contribution is 2.15. The zero-order valence-electron chi connectivity index (χ0n) is 11.6. The second-order valence-corrected chi connectivity index (χ2v) is 5.43. The van der Waals surface area contributed by atoms with Crippen molar-refractivity contribution in [1.82, 2.24) is 5.32 Å². The molecule has 0 aliphatic carbocycles. The number of nitrogens with one attached hydrogen (secondary N) is 1. The largest absolute Gasteiger partial charge is 0.394 e. The Bertz CT molecular complexity index is 346. The summed E-state index contributed by atoms with van der Waals surface area (Å²) in [7, 11) is 0. The molecule has 3 N–H and O–H groups in total. The van der Waals surface area contributed by atoms with Crippen LogP contribution >= 0.6 is 0 Å². The van der Waals surface area contributed by atoms with Crippen LogP contribution in [-0.2, 0) is 6.42 Å². The number of hydrogen-bond donors (Lipinski definition) is 3. The molecule has 0 amide bonds. The summed E-state index contributed by atoms with van der Waals surface area (Å²) in [6.07, 6.45) is 1.67. The van der Waals surface area contributed by atoms with Gasteiger partial charge in [-0.1, -0.05) is 37.6 Å². The van der Waals surface area contributed by atoms with Gasteiger partial charge in [0.2, 0.25) is 0 Å². The van der Waals surface area contributed by atoms with E-state index in [4.69, 9.17) is 5.11 Å². The van der Waals surface area contributed by atoms with Crippen LogP contribution in [0.4, 0.5) is 0 Å². The Balaban J connectivity index is 2.53. The summed E-state index contributed by atoms with van der Waals surface area (Å²) in [4.78, 5) is 0. The number of benzene rings is 1. The molecule has 0 bridgehead atoms. The molecule has 0 heterocycles. The fourth-order valence-electron chi connectivity index (χ4n) is 1.74. The van der Waals surface area contributed by atoms with E-state index in [9.17, 15) is 5.11 Å². The van der Waals surface area contributed by atoms with Crippen molar-refractivity contribution in [2.24, 2.45) is 0 Å². The van der Waals surface area contributed by atoms with Gasteiger partial charge < -0.3 is 15.5 Å².